The number of phenolic OH excluding ortho intramolecular Hbond substituents is 1. The maximum Gasteiger partial charge on any atom is 0.118 e. The van der Waals surface area contributed by atoms with Gasteiger partial charge in [0, 0.05) is 6.42 Å². The zero-order valence-electron chi connectivity index (χ0n) is 6.16. The van der Waals surface area contributed by atoms with Gasteiger partial charge in [0.25, 0.3) is 0 Å². The Morgan fingerprint density at radius 3 is 2.82 bits per heavy atom. The van der Waals surface area contributed by atoms with E-state index in [1.54, 1.807) is 6.07 Å². The van der Waals surface area contributed by atoms with Crippen LogP contribution in [-0.2, 0) is 11.2 Å². The molecule has 0 spiro atoms. The van der Waals surface area contributed by atoms with E-state index in [-0.39, 0.29) is 0 Å². The lowest BCUT2D eigenvalue weighted by molar-refractivity contribution is 0.402. The lowest BCUT2D eigenvalue weighted by atomic mass is 10.1. The summed E-state index contributed by atoms with van der Waals surface area (Å²) < 4.78 is 5.06. The molecule has 0 saturated carbocycles. The Kier molecular flexibility index (Phi) is 1.55. The normalized spacial score (nSPS) is 21.6. The van der Waals surface area contributed by atoms with E-state index in [1.165, 1.54) is 0 Å². The smallest absolute Gasteiger partial charge is 0.118 e. The van der Waals surface area contributed by atoms with Gasteiger partial charge < -0.3 is 9.84 Å². The van der Waals surface area contributed by atoms with Crippen molar-refractivity contribution in [2.45, 2.75) is 12.5 Å². The van der Waals surface area contributed by atoms with E-state index < -0.39 is 0 Å². The predicted octanol–water partition coefficient (Wildman–Crippen LogP) is 1.33. The number of hydrogen-bond acceptors (Lipinski definition) is 2. The third-order valence-electron chi connectivity index (χ3n) is 1.84. The summed E-state index contributed by atoms with van der Waals surface area (Å²) in [5, 5.41) is 9.33. The molecule has 1 heterocycles. The van der Waals surface area contributed by atoms with E-state index in [0.29, 0.717) is 11.9 Å². The van der Waals surface area contributed by atoms with Crippen molar-refractivity contribution in [3.8, 4) is 5.75 Å². The summed E-state index contributed by atoms with van der Waals surface area (Å²) in [5.74, 6) is 0.378. The molecule has 1 aromatic carbocycles. The molecule has 1 aliphatic heterocycles. The third kappa shape index (κ3) is 1.52. The Balaban J connectivity index is 2.15. The van der Waals surface area contributed by atoms with Crippen molar-refractivity contribution in [3.63, 3.8) is 0 Å². The highest BCUT2D eigenvalue weighted by Gasteiger charge is 2.23. The van der Waals surface area contributed by atoms with Crippen LogP contribution in [0.1, 0.15) is 5.56 Å². The Hall–Kier alpha value is -1.02. The number of hydrogen-bond donors (Lipinski definition) is 1. The predicted molar refractivity (Wildman–Crippen MR) is 41.6 cm³/mol. The van der Waals surface area contributed by atoms with Gasteiger partial charge in [-0.25, -0.2) is 0 Å². The van der Waals surface area contributed by atoms with Crippen molar-refractivity contribution in [1.82, 2.24) is 0 Å². The van der Waals surface area contributed by atoms with E-state index in [9.17, 15) is 5.11 Å². The van der Waals surface area contributed by atoms with Crippen molar-refractivity contribution in [1.29, 1.82) is 0 Å². The molecule has 0 unspecified atom stereocenters. The fourth-order valence-electron chi connectivity index (χ4n) is 1.11. The standard InChI is InChI=1S/C9H10O2/c10-9-4-2-1-3-7(9)5-8-6-11-8/h1-4,8,10H,5-6H2/t8-/m0/s1. The maximum absolute atomic E-state index is 9.33. The molecule has 0 aliphatic carbocycles. The largest absolute Gasteiger partial charge is 0.508 e. The fraction of sp³-hybridized carbons (Fsp3) is 0.333. The van der Waals surface area contributed by atoms with Crippen LogP contribution in [0.15, 0.2) is 24.3 Å². The molecule has 1 aromatic rings. The van der Waals surface area contributed by atoms with Crippen LogP contribution in [0.3, 0.4) is 0 Å². The average Bonchev–Trinajstić information content (AvgIpc) is 2.78. The van der Waals surface area contributed by atoms with E-state index in [2.05, 4.69) is 0 Å². The first-order valence-electron chi connectivity index (χ1n) is 3.75. The van der Waals surface area contributed by atoms with Gasteiger partial charge >= 0.3 is 0 Å². The molecule has 0 amide bonds. The number of benzene rings is 1. The van der Waals surface area contributed by atoms with Gasteiger partial charge in [0.1, 0.15) is 5.75 Å². The van der Waals surface area contributed by atoms with Gasteiger partial charge in [-0.15, -0.1) is 0 Å². The molecule has 2 rings (SSSR count). The zero-order valence-corrected chi connectivity index (χ0v) is 6.16. The first-order valence-corrected chi connectivity index (χ1v) is 3.75. The second kappa shape index (κ2) is 2.55. The van der Waals surface area contributed by atoms with Gasteiger partial charge in [0.2, 0.25) is 0 Å². The molecular weight excluding hydrogens is 140 g/mol. The highest BCUT2D eigenvalue weighted by atomic mass is 16.6. The number of epoxide rings is 1. The van der Waals surface area contributed by atoms with Crippen LogP contribution in [0.4, 0.5) is 0 Å². The quantitative estimate of drug-likeness (QED) is 0.645. The molecule has 1 fully saturated rings. The molecule has 11 heavy (non-hydrogen) atoms. The van der Waals surface area contributed by atoms with Crippen molar-refractivity contribution in [2.24, 2.45) is 0 Å². The minimum atomic E-state index is 0.350. The molecule has 1 atom stereocenters. The van der Waals surface area contributed by atoms with Crippen LogP contribution in [-0.4, -0.2) is 17.8 Å². The van der Waals surface area contributed by atoms with Crippen LogP contribution >= 0.6 is 0 Å². The Labute approximate surface area is 65.4 Å². The van der Waals surface area contributed by atoms with Gasteiger partial charge in [-0.05, 0) is 11.6 Å². The van der Waals surface area contributed by atoms with E-state index >= 15 is 0 Å². The summed E-state index contributed by atoms with van der Waals surface area (Å²) in [4.78, 5) is 0. The number of rotatable bonds is 2. The van der Waals surface area contributed by atoms with Gasteiger partial charge in [0.15, 0.2) is 0 Å². The number of aromatic hydroxyl groups is 1. The molecule has 0 aromatic heterocycles. The van der Waals surface area contributed by atoms with Crippen molar-refractivity contribution >= 4 is 0 Å². The first kappa shape index (κ1) is 6.68. The van der Waals surface area contributed by atoms with E-state index in [1.807, 2.05) is 18.2 Å². The van der Waals surface area contributed by atoms with Gasteiger partial charge in [0.05, 0.1) is 12.7 Å². The second-order valence-corrected chi connectivity index (χ2v) is 2.79. The first-order chi connectivity index (χ1) is 5.36. The molecule has 2 nitrogen and oxygen atoms in total. The van der Waals surface area contributed by atoms with Gasteiger partial charge in [-0.3, -0.25) is 0 Å². The summed E-state index contributed by atoms with van der Waals surface area (Å²) in [6, 6.07) is 7.39. The summed E-state index contributed by atoms with van der Waals surface area (Å²) in [6.45, 7) is 0.842. The highest BCUT2D eigenvalue weighted by molar-refractivity contribution is 5.32. The number of phenols is 1. The minimum absolute atomic E-state index is 0.350. The topological polar surface area (TPSA) is 32.8 Å². The fourth-order valence-corrected chi connectivity index (χ4v) is 1.11. The van der Waals surface area contributed by atoms with Crippen LogP contribution < -0.4 is 0 Å². The van der Waals surface area contributed by atoms with E-state index in [0.717, 1.165) is 18.6 Å². The highest BCUT2D eigenvalue weighted by Crippen LogP contribution is 2.22. The molecule has 58 valence electrons. The average molecular weight is 150 g/mol. The van der Waals surface area contributed by atoms with Gasteiger partial charge in [-0.1, -0.05) is 18.2 Å². The van der Waals surface area contributed by atoms with Crippen LogP contribution in [0.2, 0.25) is 0 Å². The van der Waals surface area contributed by atoms with E-state index in [4.69, 9.17) is 4.74 Å². The third-order valence-corrected chi connectivity index (χ3v) is 1.84. The lowest BCUT2D eigenvalue weighted by Crippen LogP contribution is -1.92. The van der Waals surface area contributed by atoms with Crippen molar-refractivity contribution in [2.75, 3.05) is 6.61 Å². The zero-order chi connectivity index (χ0) is 7.68. The van der Waals surface area contributed by atoms with Gasteiger partial charge in [-0.2, -0.15) is 0 Å². The van der Waals surface area contributed by atoms with Crippen LogP contribution in [0.25, 0.3) is 0 Å². The van der Waals surface area contributed by atoms with Crippen LogP contribution in [0, 0.1) is 0 Å². The molecule has 1 saturated heterocycles. The molecular formula is C9H10O2. The molecule has 0 bridgehead atoms. The number of para-hydroxylation sites is 1. The molecule has 1 aliphatic rings. The SMILES string of the molecule is Oc1ccccc1C[C@H]1CO1. The summed E-state index contributed by atoms with van der Waals surface area (Å²) >= 11 is 0. The Morgan fingerprint density at radius 2 is 2.18 bits per heavy atom. The second-order valence-electron chi connectivity index (χ2n) is 2.79. The van der Waals surface area contributed by atoms with Crippen molar-refractivity contribution < 1.29 is 9.84 Å². The minimum Gasteiger partial charge on any atom is -0.508 e. The molecule has 1 N–H and O–H groups in total. The Morgan fingerprint density at radius 1 is 1.45 bits per heavy atom. The van der Waals surface area contributed by atoms with Crippen LogP contribution in [0.5, 0.6) is 5.75 Å². The summed E-state index contributed by atoms with van der Waals surface area (Å²) in [7, 11) is 0. The maximum atomic E-state index is 9.33. The number of ether oxygens (including phenoxy) is 1. The molecule has 0 radical (unpaired) electrons. The lowest BCUT2D eigenvalue weighted by Gasteiger charge is -1.99. The summed E-state index contributed by atoms with van der Waals surface area (Å²) in [6.07, 6.45) is 1.19. The monoisotopic (exact) mass is 150 g/mol. The summed E-state index contributed by atoms with van der Waals surface area (Å²) in [5.41, 5.74) is 0.981. The van der Waals surface area contributed by atoms with Crippen molar-refractivity contribution in [3.05, 3.63) is 29.8 Å². The Bertz CT molecular complexity index is 253. The molecule has 2 heteroatoms.